The monoisotopic (exact) mass is 674 g/mol. The van der Waals surface area contributed by atoms with Crippen LogP contribution in [0.4, 0.5) is 34.1 Å². The minimum Gasteiger partial charge on any atom is -0.310 e. The average Bonchev–Trinajstić information content (AvgIpc) is 3.14. The van der Waals surface area contributed by atoms with Gasteiger partial charge in [0.25, 0.3) is 0 Å². The third-order valence-electron chi connectivity index (χ3n) is 11.5. The molecule has 8 aromatic rings. The predicted molar refractivity (Wildman–Crippen MR) is 224 cm³/mol. The molecule has 0 atom stereocenters. The molecular formula is C50H46N2. The van der Waals surface area contributed by atoms with E-state index in [1.807, 2.05) is 0 Å². The lowest BCUT2D eigenvalue weighted by atomic mass is 9.70. The Morgan fingerprint density at radius 3 is 1.60 bits per heavy atom. The molecule has 0 N–H and O–H groups in total. The van der Waals surface area contributed by atoms with Crippen LogP contribution >= 0.6 is 0 Å². The number of hydrogen-bond donors (Lipinski definition) is 0. The Labute approximate surface area is 308 Å². The third-order valence-corrected chi connectivity index (χ3v) is 11.5. The van der Waals surface area contributed by atoms with Gasteiger partial charge in [0, 0.05) is 38.9 Å². The second kappa shape index (κ2) is 12.3. The summed E-state index contributed by atoms with van der Waals surface area (Å²) < 4.78 is 0. The quantitative estimate of drug-likeness (QED) is 0.155. The lowest BCUT2D eigenvalue weighted by Gasteiger charge is -2.37. The summed E-state index contributed by atoms with van der Waals surface area (Å²) in [5, 5.41) is 8.22. The number of anilines is 6. The lowest BCUT2D eigenvalue weighted by Crippen LogP contribution is -2.24. The molecule has 2 heteroatoms. The van der Waals surface area contributed by atoms with Crippen LogP contribution in [0.15, 0.2) is 140 Å². The highest BCUT2D eigenvalue weighted by Gasteiger charge is 2.33. The molecule has 0 aliphatic heterocycles. The summed E-state index contributed by atoms with van der Waals surface area (Å²) in [5.41, 5.74) is 14.0. The molecule has 0 aromatic heterocycles. The van der Waals surface area contributed by atoms with Crippen LogP contribution in [0, 0.1) is 13.8 Å². The van der Waals surface area contributed by atoms with E-state index in [1.165, 1.54) is 94.3 Å². The van der Waals surface area contributed by atoms with Crippen molar-refractivity contribution in [3.8, 4) is 0 Å². The molecule has 0 fully saturated rings. The topological polar surface area (TPSA) is 6.48 Å². The first-order chi connectivity index (χ1) is 25.2. The van der Waals surface area contributed by atoms with Crippen LogP contribution in [0.25, 0.3) is 32.3 Å². The number of nitrogens with zero attached hydrogens (tertiary/aromatic N) is 2. The van der Waals surface area contributed by atoms with Crippen molar-refractivity contribution in [1.29, 1.82) is 0 Å². The third kappa shape index (κ3) is 5.15. The Morgan fingerprint density at radius 2 is 1.04 bits per heavy atom. The SMILES string of the molecule is Cc1cccc(N(c2ccccc2)c2cc(C(C)C)c3ccc4c(N(c5ccccc5)c5cccc(C)c5)cc5c6c(cc2c3c46)C(C)(C)CC5)c1. The maximum Gasteiger partial charge on any atom is 0.0543 e. The van der Waals surface area contributed by atoms with E-state index >= 15 is 0 Å². The first-order valence-electron chi connectivity index (χ1n) is 18.8. The average molecular weight is 675 g/mol. The number of hydrogen-bond acceptors (Lipinski definition) is 2. The Morgan fingerprint density at radius 1 is 0.500 bits per heavy atom. The molecular weight excluding hydrogens is 629 g/mol. The van der Waals surface area contributed by atoms with Gasteiger partial charge in [-0.05, 0) is 149 Å². The van der Waals surface area contributed by atoms with Crippen LogP contribution in [0.2, 0.25) is 0 Å². The molecule has 0 radical (unpaired) electrons. The Hall–Kier alpha value is -5.60. The summed E-state index contributed by atoms with van der Waals surface area (Å²) in [6, 6.07) is 52.2. The molecule has 0 saturated carbocycles. The van der Waals surface area contributed by atoms with Crippen molar-refractivity contribution in [2.75, 3.05) is 9.80 Å². The maximum atomic E-state index is 2.58. The molecule has 8 aromatic carbocycles. The zero-order chi connectivity index (χ0) is 35.7. The van der Waals surface area contributed by atoms with Crippen LogP contribution in [-0.2, 0) is 11.8 Å². The van der Waals surface area contributed by atoms with Gasteiger partial charge in [0.2, 0.25) is 0 Å². The molecule has 0 amide bonds. The van der Waals surface area contributed by atoms with Crippen LogP contribution < -0.4 is 9.80 Å². The minimum atomic E-state index is 0.0336. The number of rotatable bonds is 7. The van der Waals surface area contributed by atoms with Crippen LogP contribution in [0.3, 0.4) is 0 Å². The zero-order valence-electron chi connectivity index (χ0n) is 31.2. The molecule has 1 aliphatic rings. The molecule has 0 saturated heterocycles. The molecule has 52 heavy (non-hydrogen) atoms. The van der Waals surface area contributed by atoms with Gasteiger partial charge in [0.1, 0.15) is 0 Å². The Kier molecular flexibility index (Phi) is 7.63. The fraction of sp³-hybridized carbons (Fsp3) is 0.200. The van der Waals surface area contributed by atoms with Gasteiger partial charge in [-0.1, -0.05) is 100 Å². The van der Waals surface area contributed by atoms with Gasteiger partial charge < -0.3 is 9.80 Å². The standard InChI is InChI=1S/C50H46N2/c1-32(2)42-31-46(52(37-19-11-8-12-20-37)39-22-14-16-34(4)28-39)43-30-44-47-35(25-26-50(44,5)6)29-45(41-24-23-40(42)48(43)49(41)47)51(36-17-9-7-10-18-36)38-21-13-15-33(3)27-38/h7-24,27-32H,25-26H2,1-6H3. The minimum absolute atomic E-state index is 0.0336. The summed E-state index contributed by atoms with van der Waals surface area (Å²) in [5.74, 6) is 0.342. The van der Waals surface area contributed by atoms with Crippen LogP contribution in [-0.4, -0.2) is 0 Å². The van der Waals surface area contributed by atoms with E-state index < -0.39 is 0 Å². The van der Waals surface area contributed by atoms with Crippen molar-refractivity contribution in [3.05, 3.63) is 167 Å². The van der Waals surface area contributed by atoms with E-state index in [1.54, 1.807) is 0 Å². The largest absolute Gasteiger partial charge is 0.310 e. The predicted octanol–water partition coefficient (Wildman–Crippen LogP) is 14.5. The van der Waals surface area contributed by atoms with Gasteiger partial charge >= 0.3 is 0 Å². The van der Waals surface area contributed by atoms with Crippen molar-refractivity contribution in [2.45, 2.75) is 65.7 Å². The van der Waals surface area contributed by atoms with E-state index in [0.29, 0.717) is 5.92 Å². The number of para-hydroxylation sites is 2. The van der Waals surface area contributed by atoms with Crippen molar-refractivity contribution in [1.82, 2.24) is 0 Å². The van der Waals surface area contributed by atoms with Gasteiger partial charge in [0.15, 0.2) is 0 Å². The lowest BCUT2D eigenvalue weighted by molar-refractivity contribution is 0.475. The highest BCUT2D eigenvalue weighted by atomic mass is 15.1. The fourth-order valence-corrected chi connectivity index (χ4v) is 8.88. The molecule has 0 bridgehead atoms. The summed E-state index contributed by atoms with van der Waals surface area (Å²) >= 11 is 0. The van der Waals surface area contributed by atoms with Gasteiger partial charge in [-0.25, -0.2) is 0 Å². The van der Waals surface area contributed by atoms with Crippen molar-refractivity contribution in [2.24, 2.45) is 0 Å². The van der Waals surface area contributed by atoms with Gasteiger partial charge in [0.05, 0.1) is 11.4 Å². The maximum absolute atomic E-state index is 2.58. The Bertz CT molecular complexity index is 2600. The number of benzene rings is 8. The molecule has 2 nitrogen and oxygen atoms in total. The van der Waals surface area contributed by atoms with E-state index in [-0.39, 0.29) is 5.41 Å². The highest BCUT2D eigenvalue weighted by Crippen LogP contribution is 2.54. The fourth-order valence-electron chi connectivity index (χ4n) is 8.88. The smallest absolute Gasteiger partial charge is 0.0543 e. The van der Waals surface area contributed by atoms with Crippen molar-refractivity contribution >= 4 is 66.4 Å². The molecule has 9 rings (SSSR count). The number of aryl methyl sites for hydroxylation is 3. The second-order valence-electron chi connectivity index (χ2n) is 15.9. The van der Waals surface area contributed by atoms with E-state index in [0.717, 1.165) is 12.8 Å². The second-order valence-corrected chi connectivity index (χ2v) is 15.9. The molecule has 0 spiro atoms. The summed E-state index contributed by atoms with van der Waals surface area (Å²) in [4.78, 5) is 4.99. The van der Waals surface area contributed by atoms with Gasteiger partial charge in [-0.3, -0.25) is 0 Å². The highest BCUT2D eigenvalue weighted by molar-refractivity contribution is 6.30. The molecule has 1 aliphatic carbocycles. The van der Waals surface area contributed by atoms with Crippen LogP contribution in [0.5, 0.6) is 0 Å². The van der Waals surface area contributed by atoms with E-state index in [2.05, 4.69) is 191 Å². The first-order valence-corrected chi connectivity index (χ1v) is 18.8. The normalized spacial score (nSPS) is 13.8. The van der Waals surface area contributed by atoms with Gasteiger partial charge in [-0.2, -0.15) is 0 Å². The van der Waals surface area contributed by atoms with Crippen LogP contribution in [0.1, 0.15) is 67.9 Å². The van der Waals surface area contributed by atoms with Gasteiger partial charge in [-0.15, -0.1) is 0 Å². The molecule has 256 valence electrons. The molecule has 0 unspecified atom stereocenters. The molecule has 0 heterocycles. The van der Waals surface area contributed by atoms with Crippen molar-refractivity contribution < 1.29 is 0 Å². The summed E-state index contributed by atoms with van der Waals surface area (Å²) in [6.07, 6.45) is 2.17. The summed E-state index contributed by atoms with van der Waals surface area (Å²) in [6.45, 7) is 14.0. The summed E-state index contributed by atoms with van der Waals surface area (Å²) in [7, 11) is 0. The Balaban J connectivity index is 1.47. The van der Waals surface area contributed by atoms with Crippen molar-refractivity contribution in [3.63, 3.8) is 0 Å². The zero-order valence-corrected chi connectivity index (χ0v) is 31.2. The van der Waals surface area contributed by atoms with E-state index in [9.17, 15) is 0 Å². The van der Waals surface area contributed by atoms with E-state index in [4.69, 9.17) is 0 Å². The first kappa shape index (κ1) is 32.3.